The van der Waals surface area contributed by atoms with Crippen LogP contribution in [0.1, 0.15) is 23.7 Å². The number of carbonyl (C=O) groups excluding carboxylic acids is 2. The molecule has 98 valence electrons. The normalized spacial score (nSPS) is 11.4. The van der Waals surface area contributed by atoms with Gasteiger partial charge in [0.15, 0.2) is 17.5 Å². The third kappa shape index (κ3) is 3.14. The van der Waals surface area contributed by atoms with E-state index in [1.54, 1.807) is 6.07 Å². The van der Waals surface area contributed by atoms with Crippen LogP contribution in [-0.4, -0.2) is 16.5 Å². The van der Waals surface area contributed by atoms with Crippen LogP contribution < -0.4 is 0 Å². The molecule has 0 spiro atoms. The van der Waals surface area contributed by atoms with Crippen LogP contribution in [0.2, 0.25) is 5.02 Å². The number of halogens is 1. The van der Waals surface area contributed by atoms with Crippen LogP contribution in [0, 0.1) is 27.4 Å². The summed E-state index contributed by atoms with van der Waals surface area (Å²) in [7, 11) is 0. The van der Waals surface area contributed by atoms with E-state index in [1.165, 1.54) is 13.0 Å². The highest BCUT2D eigenvalue weighted by Crippen LogP contribution is 2.26. The molecule has 0 fully saturated rings. The van der Waals surface area contributed by atoms with E-state index in [4.69, 9.17) is 16.9 Å². The zero-order valence-electron chi connectivity index (χ0n) is 9.92. The maximum atomic E-state index is 12.0. The summed E-state index contributed by atoms with van der Waals surface area (Å²) < 4.78 is 0. The fourth-order valence-electron chi connectivity index (χ4n) is 1.50. The highest BCUT2D eigenvalue weighted by Gasteiger charge is 2.31. The first-order chi connectivity index (χ1) is 8.92. The van der Waals surface area contributed by atoms with Gasteiger partial charge in [0.2, 0.25) is 0 Å². The lowest BCUT2D eigenvalue weighted by Gasteiger charge is -2.06. The van der Waals surface area contributed by atoms with Crippen molar-refractivity contribution in [2.24, 2.45) is 5.92 Å². The molecule has 0 bridgehead atoms. The molecule has 0 aromatic heterocycles. The molecule has 0 heterocycles. The quantitative estimate of drug-likeness (QED) is 0.357. The van der Waals surface area contributed by atoms with Crippen molar-refractivity contribution in [2.75, 3.05) is 0 Å². The van der Waals surface area contributed by atoms with E-state index in [1.807, 2.05) is 0 Å². The molecule has 0 N–H and O–H groups in total. The van der Waals surface area contributed by atoms with Crippen LogP contribution in [0.15, 0.2) is 18.2 Å². The Morgan fingerprint density at radius 2 is 2.16 bits per heavy atom. The van der Waals surface area contributed by atoms with Gasteiger partial charge >= 0.3 is 0 Å². The lowest BCUT2D eigenvalue weighted by atomic mass is 9.93. The number of nitro benzene ring substituents is 1. The van der Waals surface area contributed by atoms with Crippen molar-refractivity contribution < 1.29 is 14.5 Å². The average molecular weight is 281 g/mol. The minimum atomic E-state index is -1.52. The fraction of sp³-hybridized carbons (Fsp3) is 0.250. The van der Waals surface area contributed by atoms with Gasteiger partial charge in [0.05, 0.1) is 16.6 Å². The molecule has 0 aliphatic carbocycles. The Kier molecular flexibility index (Phi) is 4.73. The summed E-state index contributed by atoms with van der Waals surface area (Å²) in [6, 6.07) is 5.04. The number of nitriles is 1. The fourth-order valence-corrected chi connectivity index (χ4v) is 1.67. The monoisotopic (exact) mass is 280 g/mol. The van der Waals surface area contributed by atoms with E-state index in [9.17, 15) is 19.7 Å². The number of Topliss-reactive ketones (excluding diaryl/α,β-unsaturated/α-hetero) is 2. The highest BCUT2D eigenvalue weighted by atomic mass is 35.5. The van der Waals surface area contributed by atoms with Gasteiger partial charge in [-0.3, -0.25) is 19.7 Å². The first-order valence-corrected chi connectivity index (χ1v) is 5.70. The molecule has 7 heteroatoms. The number of ketones is 2. The van der Waals surface area contributed by atoms with E-state index in [-0.39, 0.29) is 17.0 Å². The summed E-state index contributed by atoms with van der Waals surface area (Å²) in [4.78, 5) is 33.6. The minimum Gasteiger partial charge on any atom is -0.298 e. The van der Waals surface area contributed by atoms with Gasteiger partial charge in [-0.15, -0.1) is 0 Å². The summed E-state index contributed by atoms with van der Waals surface area (Å²) in [6.45, 7) is 1.51. The van der Waals surface area contributed by atoms with Crippen LogP contribution in [0.4, 0.5) is 5.69 Å². The van der Waals surface area contributed by atoms with Gasteiger partial charge in [0, 0.05) is 17.5 Å². The van der Waals surface area contributed by atoms with E-state index in [0.717, 1.165) is 12.1 Å². The number of rotatable bonds is 5. The zero-order chi connectivity index (χ0) is 14.6. The summed E-state index contributed by atoms with van der Waals surface area (Å²) >= 11 is 5.62. The molecular weight excluding hydrogens is 272 g/mol. The summed E-state index contributed by atoms with van der Waals surface area (Å²) in [6.07, 6.45) is 0.00531. The SMILES string of the molecule is CCC(=O)C(C#N)C(=O)c1ccc(Cl)cc1[N+](=O)[O-]. The predicted molar refractivity (Wildman–Crippen MR) is 66.8 cm³/mol. The number of hydrogen-bond acceptors (Lipinski definition) is 5. The van der Waals surface area contributed by atoms with Crippen LogP contribution in [0.3, 0.4) is 0 Å². The molecule has 0 saturated heterocycles. The second-order valence-corrected chi connectivity index (χ2v) is 4.10. The van der Waals surface area contributed by atoms with Gasteiger partial charge < -0.3 is 0 Å². The Bertz CT molecular complexity index is 592. The van der Waals surface area contributed by atoms with Crippen LogP contribution in [0.25, 0.3) is 0 Å². The number of hydrogen-bond donors (Lipinski definition) is 0. The molecular formula is C12H9ClN2O4. The second-order valence-electron chi connectivity index (χ2n) is 3.66. The maximum absolute atomic E-state index is 12.0. The van der Waals surface area contributed by atoms with Crippen molar-refractivity contribution >= 4 is 28.9 Å². The number of carbonyl (C=O) groups is 2. The zero-order valence-corrected chi connectivity index (χ0v) is 10.7. The number of nitrogens with zero attached hydrogens (tertiary/aromatic N) is 2. The smallest absolute Gasteiger partial charge is 0.281 e. The molecule has 19 heavy (non-hydrogen) atoms. The molecule has 1 aromatic carbocycles. The van der Waals surface area contributed by atoms with E-state index >= 15 is 0 Å². The average Bonchev–Trinajstić information content (AvgIpc) is 2.38. The van der Waals surface area contributed by atoms with Crippen LogP contribution in [-0.2, 0) is 4.79 Å². The molecule has 0 amide bonds. The Hall–Kier alpha value is -2.26. The third-order valence-electron chi connectivity index (χ3n) is 2.48. The maximum Gasteiger partial charge on any atom is 0.281 e. The van der Waals surface area contributed by atoms with Gasteiger partial charge in [0.1, 0.15) is 0 Å². The third-order valence-corrected chi connectivity index (χ3v) is 2.72. The summed E-state index contributed by atoms with van der Waals surface area (Å²) in [5.41, 5.74) is -0.801. The van der Waals surface area contributed by atoms with Gasteiger partial charge in [0.25, 0.3) is 5.69 Å². The van der Waals surface area contributed by atoms with Crippen molar-refractivity contribution in [1.29, 1.82) is 5.26 Å². The van der Waals surface area contributed by atoms with Crippen LogP contribution in [0.5, 0.6) is 0 Å². The predicted octanol–water partition coefficient (Wildman–Crippen LogP) is 2.55. The lowest BCUT2D eigenvalue weighted by Crippen LogP contribution is -2.22. The van der Waals surface area contributed by atoms with Crippen molar-refractivity contribution in [3.63, 3.8) is 0 Å². The minimum absolute atomic E-state index is 0.00531. The lowest BCUT2D eigenvalue weighted by molar-refractivity contribution is -0.385. The molecule has 1 rings (SSSR count). The first kappa shape index (κ1) is 14.8. The van der Waals surface area contributed by atoms with Crippen molar-refractivity contribution in [2.45, 2.75) is 13.3 Å². The molecule has 0 radical (unpaired) electrons. The second kappa shape index (κ2) is 6.07. The molecule has 1 aromatic rings. The summed E-state index contributed by atoms with van der Waals surface area (Å²) in [5, 5.41) is 19.8. The Morgan fingerprint density at radius 3 is 2.63 bits per heavy atom. The Morgan fingerprint density at radius 1 is 1.53 bits per heavy atom. The van der Waals surface area contributed by atoms with E-state index < -0.39 is 28.1 Å². The van der Waals surface area contributed by atoms with Gasteiger partial charge in [-0.05, 0) is 12.1 Å². The molecule has 6 nitrogen and oxygen atoms in total. The molecule has 1 unspecified atom stereocenters. The highest BCUT2D eigenvalue weighted by molar-refractivity contribution is 6.31. The topological polar surface area (TPSA) is 101 Å². The molecule has 0 saturated carbocycles. The number of benzene rings is 1. The molecule has 0 aliphatic heterocycles. The number of nitro groups is 1. The van der Waals surface area contributed by atoms with E-state index in [0.29, 0.717) is 0 Å². The van der Waals surface area contributed by atoms with Crippen molar-refractivity contribution in [1.82, 2.24) is 0 Å². The van der Waals surface area contributed by atoms with Gasteiger partial charge in [-0.2, -0.15) is 5.26 Å². The summed E-state index contributed by atoms with van der Waals surface area (Å²) in [5.74, 6) is -2.97. The Labute approximate surface area is 113 Å². The van der Waals surface area contributed by atoms with E-state index in [2.05, 4.69) is 0 Å². The van der Waals surface area contributed by atoms with Gasteiger partial charge in [-0.25, -0.2) is 0 Å². The van der Waals surface area contributed by atoms with Crippen LogP contribution >= 0.6 is 11.6 Å². The van der Waals surface area contributed by atoms with Crippen molar-refractivity contribution in [3.8, 4) is 6.07 Å². The standard InChI is InChI=1S/C12H9ClN2O4/c1-2-11(16)9(6-14)12(17)8-4-3-7(13)5-10(8)15(18)19/h3-5,9H,2H2,1H3. The Balaban J connectivity index is 3.30. The first-order valence-electron chi connectivity index (χ1n) is 5.32. The van der Waals surface area contributed by atoms with Gasteiger partial charge in [-0.1, -0.05) is 18.5 Å². The van der Waals surface area contributed by atoms with Crippen molar-refractivity contribution in [3.05, 3.63) is 38.9 Å². The molecule has 0 aliphatic rings. The molecule has 1 atom stereocenters. The largest absolute Gasteiger partial charge is 0.298 e.